The van der Waals surface area contributed by atoms with Gasteiger partial charge >= 0.3 is 0 Å². The lowest BCUT2D eigenvalue weighted by atomic mass is 9.97. The maximum Gasteiger partial charge on any atom is 0.169 e. The Morgan fingerprint density at radius 2 is 1.88 bits per heavy atom. The summed E-state index contributed by atoms with van der Waals surface area (Å²) >= 11 is 0. The molecule has 3 aliphatic rings. The van der Waals surface area contributed by atoms with Gasteiger partial charge in [0, 0.05) is 19.1 Å². The van der Waals surface area contributed by atoms with E-state index in [1.807, 2.05) is 24.3 Å². The van der Waals surface area contributed by atoms with Crippen molar-refractivity contribution in [3.63, 3.8) is 0 Å². The Hall–Kier alpha value is -3.67. The van der Waals surface area contributed by atoms with E-state index in [1.54, 1.807) is 6.21 Å². The van der Waals surface area contributed by atoms with Gasteiger partial charge in [0.15, 0.2) is 17.5 Å². The molecule has 3 heterocycles. The van der Waals surface area contributed by atoms with Gasteiger partial charge in [-0.3, -0.25) is 4.99 Å². The van der Waals surface area contributed by atoms with Crippen molar-refractivity contribution < 1.29 is 13.5 Å². The van der Waals surface area contributed by atoms with Crippen molar-refractivity contribution in [2.75, 3.05) is 6.61 Å². The average Bonchev–Trinajstić information content (AvgIpc) is 3.12. The molecule has 0 aliphatic carbocycles. The summed E-state index contributed by atoms with van der Waals surface area (Å²) in [4.78, 5) is 13.6. The Balaban J connectivity index is 1.36. The van der Waals surface area contributed by atoms with Gasteiger partial charge in [0.05, 0.1) is 29.7 Å². The lowest BCUT2D eigenvalue weighted by Gasteiger charge is -2.16. The van der Waals surface area contributed by atoms with Gasteiger partial charge in [-0.05, 0) is 49.1 Å². The zero-order chi connectivity index (χ0) is 23.5. The highest BCUT2D eigenvalue weighted by Gasteiger charge is 2.23. The van der Waals surface area contributed by atoms with Crippen LogP contribution < -0.4 is 0 Å². The topological polar surface area (TPSA) is 46.3 Å². The first-order chi connectivity index (χ1) is 16.6. The van der Waals surface area contributed by atoms with E-state index in [1.165, 1.54) is 28.8 Å². The van der Waals surface area contributed by atoms with Gasteiger partial charge in [-0.1, -0.05) is 48.0 Å². The van der Waals surface area contributed by atoms with E-state index in [2.05, 4.69) is 35.1 Å². The first kappa shape index (κ1) is 22.1. The van der Waals surface area contributed by atoms with E-state index in [9.17, 15) is 8.78 Å². The normalized spacial score (nSPS) is 20.3. The standard InChI is InChI=1S/C28H25F2N3O/c1-18-13-14-34-21(16-23(18)19-7-3-2-4-8-19)15-20-9-5-12-25-26(17-31-20)33-28(32-25)22-10-6-11-24(29)27(22)30/h2-4,6-8,10-12,16-17,20H,5,9,13-15H2,1H3. The Morgan fingerprint density at radius 3 is 2.74 bits per heavy atom. The molecule has 172 valence electrons. The van der Waals surface area contributed by atoms with Gasteiger partial charge in [0.25, 0.3) is 0 Å². The zero-order valence-corrected chi connectivity index (χ0v) is 19.0. The fourth-order valence-corrected chi connectivity index (χ4v) is 4.32. The Labute approximate surface area is 197 Å². The summed E-state index contributed by atoms with van der Waals surface area (Å²) in [6.07, 6.45) is 8.99. The predicted molar refractivity (Wildman–Crippen MR) is 132 cm³/mol. The Bertz CT molecular complexity index is 1290. The molecule has 34 heavy (non-hydrogen) atoms. The first-order valence-corrected chi connectivity index (χ1v) is 11.5. The van der Waals surface area contributed by atoms with E-state index in [-0.39, 0.29) is 17.4 Å². The zero-order valence-electron chi connectivity index (χ0n) is 19.0. The summed E-state index contributed by atoms with van der Waals surface area (Å²) in [6.45, 7) is 2.81. The molecule has 0 spiro atoms. The monoisotopic (exact) mass is 457 g/mol. The Morgan fingerprint density at radius 1 is 1.03 bits per heavy atom. The highest BCUT2D eigenvalue weighted by molar-refractivity contribution is 6.43. The SMILES string of the molecule is CC1=C(c2ccccc2)C=C(CC2CCC=C3N=C(c4cccc(F)c4F)N=C3C=N2)OCC1. The summed E-state index contributed by atoms with van der Waals surface area (Å²) < 4.78 is 34.0. The molecule has 4 nitrogen and oxygen atoms in total. The minimum Gasteiger partial charge on any atom is -0.498 e. The summed E-state index contributed by atoms with van der Waals surface area (Å²) in [5.74, 6) is -0.755. The quantitative estimate of drug-likeness (QED) is 0.520. The molecule has 0 radical (unpaired) electrons. The number of allylic oxidation sites excluding steroid dienone is 4. The van der Waals surface area contributed by atoms with Crippen LogP contribution >= 0.6 is 0 Å². The predicted octanol–water partition coefficient (Wildman–Crippen LogP) is 6.45. The van der Waals surface area contributed by atoms with Gasteiger partial charge < -0.3 is 4.74 Å². The van der Waals surface area contributed by atoms with Crippen molar-refractivity contribution in [1.82, 2.24) is 0 Å². The number of nitrogens with zero attached hydrogens (tertiary/aromatic N) is 3. The fourth-order valence-electron chi connectivity index (χ4n) is 4.32. The molecule has 2 aromatic rings. The number of benzene rings is 2. The van der Waals surface area contributed by atoms with Crippen LogP contribution in [-0.4, -0.2) is 30.4 Å². The highest BCUT2D eigenvalue weighted by Crippen LogP contribution is 2.30. The molecule has 0 bridgehead atoms. The summed E-state index contributed by atoms with van der Waals surface area (Å²) in [6, 6.07) is 14.4. The summed E-state index contributed by atoms with van der Waals surface area (Å²) in [5.41, 5.74) is 4.98. The summed E-state index contributed by atoms with van der Waals surface area (Å²) in [5, 5.41) is 0. The van der Waals surface area contributed by atoms with Crippen LogP contribution in [0.4, 0.5) is 8.78 Å². The fraction of sp³-hybridized carbons (Fsp3) is 0.250. The lowest BCUT2D eigenvalue weighted by Crippen LogP contribution is -2.13. The third-order valence-electron chi connectivity index (χ3n) is 6.20. The van der Waals surface area contributed by atoms with Crippen molar-refractivity contribution in [1.29, 1.82) is 0 Å². The second-order valence-corrected chi connectivity index (χ2v) is 8.61. The Kier molecular flexibility index (Phi) is 6.30. The van der Waals surface area contributed by atoms with E-state index < -0.39 is 11.6 Å². The van der Waals surface area contributed by atoms with Crippen LogP contribution in [0.15, 0.2) is 92.7 Å². The molecular formula is C28H25F2N3O. The number of aliphatic imine (C=N–C) groups is 3. The van der Waals surface area contributed by atoms with Crippen molar-refractivity contribution in [3.05, 3.63) is 100 Å². The van der Waals surface area contributed by atoms with Gasteiger partial charge in [-0.25, -0.2) is 18.8 Å². The molecule has 6 heteroatoms. The molecule has 2 aromatic carbocycles. The number of amidine groups is 1. The largest absolute Gasteiger partial charge is 0.498 e. The molecule has 0 aromatic heterocycles. The van der Waals surface area contributed by atoms with Crippen molar-refractivity contribution >= 4 is 23.3 Å². The van der Waals surface area contributed by atoms with Crippen LogP contribution in [0.2, 0.25) is 0 Å². The average molecular weight is 458 g/mol. The number of halogens is 2. The third-order valence-corrected chi connectivity index (χ3v) is 6.20. The van der Waals surface area contributed by atoms with Crippen molar-refractivity contribution in [2.24, 2.45) is 15.0 Å². The molecular weight excluding hydrogens is 432 g/mol. The molecule has 0 fully saturated rings. The number of ether oxygens (including phenoxy) is 1. The molecule has 5 rings (SSSR count). The second kappa shape index (κ2) is 9.67. The number of fused-ring (bicyclic) bond motifs is 1. The molecule has 1 atom stereocenters. The molecule has 0 saturated carbocycles. The van der Waals surface area contributed by atoms with Crippen LogP contribution in [0.5, 0.6) is 0 Å². The van der Waals surface area contributed by atoms with E-state index in [0.29, 0.717) is 24.4 Å². The highest BCUT2D eigenvalue weighted by atomic mass is 19.2. The van der Waals surface area contributed by atoms with Gasteiger partial charge in [-0.15, -0.1) is 0 Å². The van der Waals surface area contributed by atoms with E-state index in [0.717, 1.165) is 31.1 Å². The summed E-state index contributed by atoms with van der Waals surface area (Å²) in [7, 11) is 0. The van der Waals surface area contributed by atoms with Crippen LogP contribution in [0.1, 0.15) is 43.7 Å². The molecule has 0 amide bonds. The first-order valence-electron chi connectivity index (χ1n) is 11.5. The second-order valence-electron chi connectivity index (χ2n) is 8.61. The molecule has 3 aliphatic heterocycles. The number of rotatable bonds is 4. The van der Waals surface area contributed by atoms with Crippen LogP contribution in [0, 0.1) is 11.6 Å². The number of hydrogen-bond donors (Lipinski definition) is 0. The number of hydrogen-bond acceptors (Lipinski definition) is 4. The molecule has 0 saturated heterocycles. The van der Waals surface area contributed by atoms with E-state index >= 15 is 0 Å². The van der Waals surface area contributed by atoms with Gasteiger partial charge in [0.1, 0.15) is 5.71 Å². The maximum atomic E-state index is 14.2. The van der Waals surface area contributed by atoms with Gasteiger partial charge in [0.2, 0.25) is 0 Å². The third kappa shape index (κ3) is 4.67. The van der Waals surface area contributed by atoms with Gasteiger partial charge in [-0.2, -0.15) is 0 Å². The lowest BCUT2D eigenvalue weighted by molar-refractivity contribution is 0.203. The van der Waals surface area contributed by atoms with Crippen molar-refractivity contribution in [3.8, 4) is 0 Å². The smallest absolute Gasteiger partial charge is 0.169 e. The minimum absolute atomic E-state index is 0.0251. The molecule has 1 unspecified atom stereocenters. The van der Waals surface area contributed by atoms with E-state index in [4.69, 9.17) is 9.73 Å². The maximum absolute atomic E-state index is 14.2. The van der Waals surface area contributed by atoms with Crippen LogP contribution in [0.3, 0.4) is 0 Å². The van der Waals surface area contributed by atoms with Crippen molar-refractivity contribution in [2.45, 2.75) is 38.6 Å². The molecule has 0 N–H and O–H groups in total. The minimum atomic E-state index is -0.940. The van der Waals surface area contributed by atoms with Crippen LogP contribution in [-0.2, 0) is 4.74 Å². The van der Waals surface area contributed by atoms with Crippen LogP contribution in [0.25, 0.3) is 5.57 Å².